The summed E-state index contributed by atoms with van der Waals surface area (Å²) in [5.74, 6) is -0.0583. The standard InChI is InChI=1S/C26H32ClN5OS/c1-2-31-12-14-32(15-13-31)11-4-3-6-20-7-5-8-21(16-20)17-25(33)30-26-29-23(19-34-26)22-9-10-28-24(27)18-22/h5,7-10,16,18-19H,2-4,6,11-15,17H2,1H3,(H,29,30,33). The van der Waals surface area contributed by atoms with Crippen molar-refractivity contribution in [1.29, 1.82) is 0 Å². The predicted molar refractivity (Wildman–Crippen MR) is 141 cm³/mol. The second kappa shape index (κ2) is 12.4. The molecule has 0 saturated carbocycles. The third-order valence-corrected chi connectivity index (χ3v) is 7.20. The molecule has 1 N–H and O–H groups in total. The predicted octanol–water partition coefficient (Wildman–Crippen LogP) is 5.00. The molecule has 1 aliphatic rings. The van der Waals surface area contributed by atoms with Crippen molar-refractivity contribution in [1.82, 2.24) is 19.8 Å². The van der Waals surface area contributed by atoms with E-state index >= 15 is 0 Å². The smallest absolute Gasteiger partial charge is 0.230 e. The van der Waals surface area contributed by atoms with Gasteiger partial charge in [-0.2, -0.15) is 0 Å². The van der Waals surface area contributed by atoms with Gasteiger partial charge in [0.15, 0.2) is 5.13 Å². The highest BCUT2D eigenvalue weighted by molar-refractivity contribution is 7.14. The van der Waals surface area contributed by atoms with Gasteiger partial charge in [-0.3, -0.25) is 4.79 Å². The third-order valence-electron chi connectivity index (χ3n) is 6.23. The lowest BCUT2D eigenvalue weighted by atomic mass is 10.0. The lowest BCUT2D eigenvalue weighted by Gasteiger charge is -2.33. The van der Waals surface area contributed by atoms with Crippen molar-refractivity contribution >= 4 is 34.0 Å². The molecule has 1 amide bonds. The number of aryl methyl sites for hydroxylation is 1. The number of thiazole rings is 1. The fourth-order valence-electron chi connectivity index (χ4n) is 4.26. The molecule has 0 radical (unpaired) electrons. The average molecular weight is 498 g/mol. The first-order valence-corrected chi connectivity index (χ1v) is 13.2. The lowest BCUT2D eigenvalue weighted by Crippen LogP contribution is -2.46. The molecule has 1 saturated heterocycles. The van der Waals surface area contributed by atoms with E-state index in [-0.39, 0.29) is 5.91 Å². The van der Waals surface area contributed by atoms with Gasteiger partial charge in [0, 0.05) is 43.3 Å². The van der Waals surface area contributed by atoms with E-state index in [1.165, 1.54) is 62.5 Å². The first-order valence-electron chi connectivity index (χ1n) is 12.0. The number of benzene rings is 1. The van der Waals surface area contributed by atoms with Crippen molar-refractivity contribution < 1.29 is 4.79 Å². The number of likely N-dealkylation sites (N-methyl/N-ethyl adjacent to an activating group) is 1. The van der Waals surface area contributed by atoms with E-state index in [1.807, 2.05) is 17.5 Å². The maximum absolute atomic E-state index is 12.6. The minimum Gasteiger partial charge on any atom is -0.302 e. The fourth-order valence-corrected chi connectivity index (χ4v) is 5.17. The number of rotatable bonds is 10. The molecule has 1 aliphatic heterocycles. The second-order valence-electron chi connectivity index (χ2n) is 8.68. The Morgan fingerprint density at radius 3 is 2.68 bits per heavy atom. The number of anilines is 1. The van der Waals surface area contributed by atoms with E-state index in [0.717, 1.165) is 29.8 Å². The molecule has 3 aromatic rings. The molecule has 2 aromatic heterocycles. The Hall–Kier alpha value is -2.32. The van der Waals surface area contributed by atoms with Gasteiger partial charge in [-0.1, -0.05) is 42.8 Å². The van der Waals surface area contributed by atoms with Gasteiger partial charge in [0.1, 0.15) is 5.15 Å². The zero-order valence-corrected chi connectivity index (χ0v) is 21.2. The Morgan fingerprint density at radius 2 is 1.88 bits per heavy atom. The van der Waals surface area contributed by atoms with Gasteiger partial charge in [-0.25, -0.2) is 9.97 Å². The highest BCUT2D eigenvalue weighted by Crippen LogP contribution is 2.26. The van der Waals surface area contributed by atoms with Crippen LogP contribution in [0.5, 0.6) is 0 Å². The number of unbranched alkanes of at least 4 members (excludes halogenated alkanes) is 1. The van der Waals surface area contributed by atoms with Crippen LogP contribution in [0, 0.1) is 0 Å². The maximum atomic E-state index is 12.6. The summed E-state index contributed by atoms with van der Waals surface area (Å²) >= 11 is 7.37. The van der Waals surface area contributed by atoms with E-state index in [9.17, 15) is 4.79 Å². The first-order chi connectivity index (χ1) is 16.6. The van der Waals surface area contributed by atoms with Gasteiger partial charge in [-0.15, -0.1) is 11.3 Å². The van der Waals surface area contributed by atoms with Crippen LogP contribution in [-0.2, 0) is 17.6 Å². The van der Waals surface area contributed by atoms with Crippen molar-refractivity contribution in [3.8, 4) is 11.3 Å². The van der Waals surface area contributed by atoms with Crippen molar-refractivity contribution in [2.45, 2.75) is 32.6 Å². The van der Waals surface area contributed by atoms with Gasteiger partial charge in [0.05, 0.1) is 12.1 Å². The zero-order chi connectivity index (χ0) is 23.8. The normalized spacial score (nSPS) is 14.9. The van der Waals surface area contributed by atoms with Crippen LogP contribution in [0.3, 0.4) is 0 Å². The van der Waals surface area contributed by atoms with Gasteiger partial charge in [0.25, 0.3) is 0 Å². The van der Waals surface area contributed by atoms with Crippen LogP contribution < -0.4 is 5.32 Å². The molecule has 6 nitrogen and oxygen atoms in total. The van der Waals surface area contributed by atoms with Crippen molar-refractivity contribution in [2.75, 3.05) is 44.6 Å². The Morgan fingerprint density at radius 1 is 1.09 bits per heavy atom. The highest BCUT2D eigenvalue weighted by Gasteiger charge is 2.14. The number of hydrogen-bond donors (Lipinski definition) is 1. The molecule has 1 aromatic carbocycles. The van der Waals surface area contributed by atoms with E-state index < -0.39 is 0 Å². The van der Waals surface area contributed by atoms with Crippen molar-refractivity contribution in [3.05, 3.63) is 64.3 Å². The number of nitrogens with one attached hydrogen (secondary N) is 1. The Kier molecular flexibility index (Phi) is 9.04. The molecule has 180 valence electrons. The Balaban J connectivity index is 1.21. The quantitative estimate of drug-likeness (QED) is 0.315. The van der Waals surface area contributed by atoms with Crippen LogP contribution >= 0.6 is 22.9 Å². The number of pyridine rings is 1. The molecule has 0 atom stereocenters. The minimum atomic E-state index is -0.0583. The summed E-state index contributed by atoms with van der Waals surface area (Å²) in [4.78, 5) is 26.2. The monoisotopic (exact) mass is 497 g/mol. The van der Waals surface area contributed by atoms with Gasteiger partial charge in [0.2, 0.25) is 5.91 Å². The van der Waals surface area contributed by atoms with E-state index in [0.29, 0.717) is 16.7 Å². The van der Waals surface area contributed by atoms with E-state index in [4.69, 9.17) is 11.6 Å². The number of nitrogens with zero attached hydrogens (tertiary/aromatic N) is 4. The Labute approximate surface area is 211 Å². The summed E-state index contributed by atoms with van der Waals surface area (Å²) in [6, 6.07) is 12.0. The first kappa shape index (κ1) is 24.8. The molecule has 0 bridgehead atoms. The molecule has 0 spiro atoms. The summed E-state index contributed by atoms with van der Waals surface area (Å²) in [6.45, 7) is 9.35. The summed E-state index contributed by atoms with van der Waals surface area (Å²) < 4.78 is 0. The maximum Gasteiger partial charge on any atom is 0.230 e. The highest BCUT2D eigenvalue weighted by atomic mass is 35.5. The topological polar surface area (TPSA) is 61.4 Å². The van der Waals surface area contributed by atoms with Crippen LogP contribution in [0.1, 0.15) is 30.9 Å². The molecule has 3 heterocycles. The number of amides is 1. The molecule has 0 unspecified atom stereocenters. The molecule has 4 rings (SSSR count). The molecule has 34 heavy (non-hydrogen) atoms. The summed E-state index contributed by atoms with van der Waals surface area (Å²) in [5, 5.41) is 5.84. The molecular formula is C26H32ClN5OS. The van der Waals surface area contributed by atoms with Crippen LogP contribution in [0.15, 0.2) is 48.0 Å². The van der Waals surface area contributed by atoms with Gasteiger partial charge < -0.3 is 15.1 Å². The number of carbonyl (C=O) groups is 1. The van der Waals surface area contributed by atoms with Crippen molar-refractivity contribution in [2.24, 2.45) is 0 Å². The van der Waals surface area contributed by atoms with Crippen molar-refractivity contribution in [3.63, 3.8) is 0 Å². The zero-order valence-electron chi connectivity index (χ0n) is 19.7. The van der Waals surface area contributed by atoms with E-state index in [1.54, 1.807) is 12.3 Å². The number of halogens is 1. The summed E-state index contributed by atoms with van der Waals surface area (Å²) in [7, 11) is 0. The number of hydrogen-bond acceptors (Lipinski definition) is 6. The summed E-state index contributed by atoms with van der Waals surface area (Å²) in [6.07, 6.45) is 5.42. The third kappa shape index (κ3) is 7.34. The van der Waals surface area contributed by atoms with Gasteiger partial charge in [-0.05, 0) is 55.6 Å². The fraction of sp³-hybridized carbons (Fsp3) is 0.423. The molecular weight excluding hydrogens is 466 g/mol. The molecule has 8 heteroatoms. The van der Waals surface area contributed by atoms with Crippen LogP contribution in [0.25, 0.3) is 11.3 Å². The number of aromatic nitrogens is 2. The molecule has 0 aliphatic carbocycles. The SMILES string of the molecule is CCN1CCN(CCCCc2cccc(CC(=O)Nc3nc(-c4ccnc(Cl)c4)cs3)c2)CC1. The average Bonchev–Trinajstić information content (AvgIpc) is 3.31. The van der Waals surface area contributed by atoms with Crippen LogP contribution in [0.2, 0.25) is 5.15 Å². The van der Waals surface area contributed by atoms with Crippen LogP contribution in [-0.4, -0.2) is 64.9 Å². The van der Waals surface area contributed by atoms with Crippen LogP contribution in [0.4, 0.5) is 5.13 Å². The minimum absolute atomic E-state index is 0.0583. The summed E-state index contributed by atoms with van der Waals surface area (Å²) in [5.41, 5.74) is 3.99. The number of carbonyl (C=O) groups excluding carboxylic acids is 1. The Bertz CT molecular complexity index is 1080. The lowest BCUT2D eigenvalue weighted by molar-refractivity contribution is -0.115. The van der Waals surface area contributed by atoms with E-state index in [2.05, 4.69) is 50.2 Å². The number of piperazine rings is 1. The van der Waals surface area contributed by atoms with Gasteiger partial charge >= 0.3 is 0 Å². The second-order valence-corrected chi connectivity index (χ2v) is 9.93. The largest absolute Gasteiger partial charge is 0.302 e. The molecule has 1 fully saturated rings.